The van der Waals surface area contributed by atoms with Crippen LogP contribution in [0.3, 0.4) is 0 Å². The van der Waals surface area contributed by atoms with Gasteiger partial charge in [-0.1, -0.05) is 366 Å². The highest BCUT2D eigenvalue weighted by molar-refractivity contribution is 5.76. The Bertz CT molecular complexity index is 1140. The summed E-state index contributed by atoms with van der Waals surface area (Å²) in [4.78, 5) is 24.5. The fourth-order valence-electron chi connectivity index (χ4n) is 11.2. The maximum absolute atomic E-state index is 12.5. The highest BCUT2D eigenvalue weighted by Crippen LogP contribution is 2.19. The van der Waals surface area contributed by atoms with Crippen molar-refractivity contribution in [2.24, 2.45) is 0 Å². The number of esters is 1. The zero-order chi connectivity index (χ0) is 55.0. The first-order chi connectivity index (χ1) is 37.5. The molecule has 6 nitrogen and oxygen atoms in total. The number of aliphatic hydroxyl groups is 2. The summed E-state index contributed by atoms with van der Waals surface area (Å²) < 4.78 is 5.48. The molecule has 0 aromatic carbocycles. The monoisotopic (exact) mass is 1070 g/mol. The van der Waals surface area contributed by atoms with Gasteiger partial charge in [0.15, 0.2) is 0 Å². The Hall–Kier alpha value is -1.40. The van der Waals surface area contributed by atoms with Crippen LogP contribution in [0.2, 0.25) is 0 Å². The Morgan fingerprint density at radius 1 is 0.355 bits per heavy atom. The van der Waals surface area contributed by atoms with Gasteiger partial charge < -0.3 is 20.3 Å². The maximum Gasteiger partial charge on any atom is 0.305 e. The zero-order valence-corrected chi connectivity index (χ0v) is 51.8. The first kappa shape index (κ1) is 74.6. The number of nitrogens with one attached hydrogen (secondary N) is 1. The van der Waals surface area contributed by atoms with Crippen LogP contribution in [0, 0.1) is 0 Å². The zero-order valence-electron chi connectivity index (χ0n) is 51.8. The van der Waals surface area contributed by atoms with Crippen LogP contribution in [0.5, 0.6) is 0 Å². The van der Waals surface area contributed by atoms with E-state index in [4.69, 9.17) is 4.74 Å². The van der Waals surface area contributed by atoms with Crippen LogP contribution in [0.15, 0.2) is 12.2 Å². The largest absolute Gasteiger partial charge is 0.466 e. The number of carbonyl (C=O) groups is 2. The summed E-state index contributed by atoms with van der Waals surface area (Å²) in [5.41, 5.74) is 0. The molecule has 3 N–H and O–H groups in total. The highest BCUT2D eigenvalue weighted by Gasteiger charge is 2.18. The molecule has 0 aromatic heterocycles. The topological polar surface area (TPSA) is 95.9 Å². The number of carbonyl (C=O) groups excluding carboxylic acids is 2. The van der Waals surface area contributed by atoms with E-state index in [1.807, 2.05) is 6.08 Å². The van der Waals surface area contributed by atoms with Crippen molar-refractivity contribution in [1.29, 1.82) is 0 Å². The van der Waals surface area contributed by atoms with Crippen molar-refractivity contribution < 1.29 is 24.5 Å². The molecule has 76 heavy (non-hydrogen) atoms. The van der Waals surface area contributed by atoms with E-state index in [9.17, 15) is 19.8 Å². The highest BCUT2D eigenvalue weighted by atomic mass is 16.5. The lowest BCUT2D eigenvalue weighted by Gasteiger charge is -2.20. The molecular formula is C70H137NO5. The van der Waals surface area contributed by atoms with Gasteiger partial charge in [0, 0.05) is 12.8 Å². The lowest BCUT2D eigenvalue weighted by atomic mass is 10.0. The van der Waals surface area contributed by atoms with Crippen molar-refractivity contribution in [3.05, 3.63) is 12.2 Å². The third-order valence-electron chi connectivity index (χ3n) is 16.6. The number of rotatable bonds is 66. The molecule has 0 radical (unpaired) electrons. The van der Waals surface area contributed by atoms with Crippen LogP contribution >= 0.6 is 0 Å². The van der Waals surface area contributed by atoms with E-state index >= 15 is 0 Å². The SMILES string of the molecule is CCCCCCCCCCCCCCCCCCCC/C=C/C(O)C(CO)NC(=O)CCCCCCCCCCCCCCCCCCCCCCCCCCCCCCOC(=O)CCCCCCCCCCCCC. The molecule has 6 heteroatoms. The van der Waals surface area contributed by atoms with Gasteiger partial charge in [-0.05, 0) is 32.1 Å². The first-order valence-electron chi connectivity index (χ1n) is 35.0. The molecule has 0 aliphatic heterocycles. The minimum Gasteiger partial charge on any atom is -0.466 e. The second-order valence-electron chi connectivity index (χ2n) is 24.2. The van der Waals surface area contributed by atoms with E-state index in [0.29, 0.717) is 19.4 Å². The van der Waals surface area contributed by atoms with Crippen molar-refractivity contribution in [2.75, 3.05) is 13.2 Å². The number of ether oxygens (including phenoxy) is 1. The molecule has 2 unspecified atom stereocenters. The molecule has 0 spiro atoms. The van der Waals surface area contributed by atoms with Crippen LogP contribution in [0.4, 0.5) is 0 Å². The Morgan fingerprint density at radius 3 is 0.895 bits per heavy atom. The number of hydrogen-bond donors (Lipinski definition) is 3. The Balaban J connectivity index is 3.37. The minimum atomic E-state index is -0.842. The molecule has 0 aliphatic carbocycles. The van der Waals surface area contributed by atoms with Crippen molar-refractivity contribution >= 4 is 11.9 Å². The van der Waals surface area contributed by atoms with Gasteiger partial charge in [0.2, 0.25) is 5.91 Å². The molecule has 452 valence electrons. The molecule has 0 saturated heterocycles. The molecular weight excluding hydrogens is 935 g/mol. The van der Waals surface area contributed by atoms with Crippen LogP contribution in [0.25, 0.3) is 0 Å². The average molecular weight is 1070 g/mol. The molecule has 0 rings (SSSR count). The minimum absolute atomic E-state index is 0.0190. The molecule has 0 saturated carbocycles. The lowest BCUT2D eigenvalue weighted by Crippen LogP contribution is -2.45. The van der Waals surface area contributed by atoms with Gasteiger partial charge in [0.05, 0.1) is 25.4 Å². The summed E-state index contributed by atoms with van der Waals surface area (Å²) in [5, 5.41) is 23.2. The van der Waals surface area contributed by atoms with E-state index in [-0.39, 0.29) is 18.5 Å². The van der Waals surface area contributed by atoms with E-state index in [1.165, 1.54) is 334 Å². The van der Waals surface area contributed by atoms with E-state index in [0.717, 1.165) is 38.5 Å². The summed E-state index contributed by atoms with van der Waals surface area (Å²) in [5.74, 6) is -0.0415. The molecule has 0 aromatic rings. The average Bonchev–Trinajstić information content (AvgIpc) is 3.42. The lowest BCUT2D eigenvalue weighted by molar-refractivity contribution is -0.143. The van der Waals surface area contributed by atoms with Crippen molar-refractivity contribution in [2.45, 2.75) is 411 Å². The quantitative estimate of drug-likeness (QED) is 0.0320. The van der Waals surface area contributed by atoms with Gasteiger partial charge in [-0.2, -0.15) is 0 Å². The summed E-state index contributed by atoms with van der Waals surface area (Å²) in [6, 6.07) is -0.625. The summed E-state index contributed by atoms with van der Waals surface area (Å²) in [7, 11) is 0. The predicted molar refractivity (Wildman–Crippen MR) is 333 cm³/mol. The normalized spacial score (nSPS) is 12.5. The third-order valence-corrected chi connectivity index (χ3v) is 16.6. The molecule has 0 fully saturated rings. The summed E-state index contributed by atoms with van der Waals surface area (Å²) in [6.07, 6.45) is 81.5. The Labute approximate surface area is 476 Å². The van der Waals surface area contributed by atoms with Gasteiger partial charge in [-0.25, -0.2) is 0 Å². The van der Waals surface area contributed by atoms with Crippen LogP contribution < -0.4 is 5.32 Å². The molecule has 0 bridgehead atoms. The standard InChI is InChI=1S/C70H137NO5/c1-3-5-7-9-11-13-15-16-17-18-19-30-33-36-39-43-46-50-54-58-62-68(73)67(66-72)71-69(74)63-59-55-51-47-44-40-37-34-31-28-26-24-22-20-21-23-25-27-29-32-35-38-41-45-49-53-57-61-65-76-70(75)64-60-56-52-48-42-14-12-10-8-6-4-2/h58,62,67-68,72-73H,3-57,59-61,63-66H2,1-2H3,(H,71,74)/b62-58+. The second-order valence-corrected chi connectivity index (χ2v) is 24.2. The number of amides is 1. The number of hydrogen-bond acceptors (Lipinski definition) is 5. The molecule has 1 amide bonds. The number of aliphatic hydroxyl groups excluding tert-OH is 2. The number of unbranched alkanes of at least 4 members (excludes halogenated alkanes) is 55. The Morgan fingerprint density at radius 2 is 0.605 bits per heavy atom. The van der Waals surface area contributed by atoms with Gasteiger partial charge >= 0.3 is 5.97 Å². The van der Waals surface area contributed by atoms with Gasteiger partial charge in [-0.15, -0.1) is 0 Å². The summed E-state index contributed by atoms with van der Waals surface area (Å²) >= 11 is 0. The first-order valence-corrected chi connectivity index (χ1v) is 35.0. The number of allylic oxidation sites excluding steroid dienone is 1. The van der Waals surface area contributed by atoms with Crippen molar-refractivity contribution in [3.8, 4) is 0 Å². The fraction of sp³-hybridized carbons (Fsp3) is 0.943. The maximum atomic E-state index is 12.5. The van der Waals surface area contributed by atoms with E-state index in [1.54, 1.807) is 6.08 Å². The van der Waals surface area contributed by atoms with E-state index < -0.39 is 12.1 Å². The predicted octanol–water partition coefficient (Wildman–Crippen LogP) is 22.4. The van der Waals surface area contributed by atoms with Crippen LogP contribution in [0.1, 0.15) is 399 Å². The third kappa shape index (κ3) is 61.8. The van der Waals surface area contributed by atoms with Gasteiger partial charge in [-0.3, -0.25) is 9.59 Å². The Kier molecular flexibility index (Phi) is 64.9. The summed E-state index contributed by atoms with van der Waals surface area (Å²) in [6.45, 7) is 4.94. The van der Waals surface area contributed by atoms with Crippen LogP contribution in [-0.2, 0) is 14.3 Å². The van der Waals surface area contributed by atoms with Crippen molar-refractivity contribution in [1.82, 2.24) is 5.32 Å². The second kappa shape index (κ2) is 66.1. The van der Waals surface area contributed by atoms with Gasteiger partial charge in [0.1, 0.15) is 0 Å². The molecule has 0 aliphatic rings. The molecule has 0 heterocycles. The van der Waals surface area contributed by atoms with Gasteiger partial charge in [0.25, 0.3) is 0 Å². The fourth-order valence-corrected chi connectivity index (χ4v) is 11.2. The molecule has 2 atom stereocenters. The van der Waals surface area contributed by atoms with E-state index in [2.05, 4.69) is 19.2 Å². The van der Waals surface area contributed by atoms with Crippen LogP contribution in [-0.4, -0.2) is 47.4 Å². The van der Waals surface area contributed by atoms with Crippen molar-refractivity contribution in [3.63, 3.8) is 0 Å². The smallest absolute Gasteiger partial charge is 0.305 e.